The van der Waals surface area contributed by atoms with Crippen LogP contribution in [0, 0.1) is 0 Å². The Hall–Kier alpha value is -2.41. The molecule has 0 unspecified atom stereocenters. The minimum Gasteiger partial charge on any atom is -0.495 e. The van der Waals surface area contributed by atoms with E-state index in [9.17, 15) is 9.59 Å². The van der Waals surface area contributed by atoms with Gasteiger partial charge >= 0.3 is 11.9 Å². The summed E-state index contributed by atoms with van der Waals surface area (Å²) >= 11 is 5.99. The predicted octanol–water partition coefficient (Wildman–Crippen LogP) is 1.24. The molecule has 0 atom stereocenters. The summed E-state index contributed by atoms with van der Waals surface area (Å²) in [6.07, 6.45) is 0. The van der Waals surface area contributed by atoms with Crippen molar-refractivity contribution in [2.24, 2.45) is 0 Å². The predicted molar refractivity (Wildman–Crippen MR) is 62.7 cm³/mol. The van der Waals surface area contributed by atoms with Crippen LogP contribution in [0.25, 0.3) is 5.69 Å². The molecule has 0 saturated heterocycles. The van der Waals surface area contributed by atoms with Crippen molar-refractivity contribution in [3.05, 3.63) is 34.6 Å². The van der Waals surface area contributed by atoms with E-state index in [1.54, 1.807) is 18.2 Å². The molecule has 0 N–H and O–H groups in total. The van der Waals surface area contributed by atoms with E-state index in [-0.39, 0.29) is 11.4 Å². The summed E-state index contributed by atoms with van der Waals surface area (Å²) in [5.41, 5.74) is 0.370. The second-order valence-electron chi connectivity index (χ2n) is 3.69. The second-order valence-corrected chi connectivity index (χ2v) is 4.10. The summed E-state index contributed by atoms with van der Waals surface area (Å²) < 4.78 is 10.7. The van der Waals surface area contributed by atoms with E-state index in [0.717, 1.165) is 0 Å². The number of halogens is 1. The van der Waals surface area contributed by atoms with E-state index >= 15 is 0 Å². The van der Waals surface area contributed by atoms with Crippen LogP contribution < -0.4 is 4.74 Å². The molecule has 1 aromatic heterocycles. The fraction of sp³-hybridized carbons (Fsp3) is 0.0909. The number of rotatable bonds is 2. The lowest BCUT2D eigenvalue weighted by Crippen LogP contribution is -2.08. The van der Waals surface area contributed by atoms with Gasteiger partial charge in [-0.2, -0.15) is 0 Å². The molecular formula is C11H6ClN3O4. The zero-order valence-corrected chi connectivity index (χ0v) is 10.3. The molecule has 0 amide bonds. The van der Waals surface area contributed by atoms with Crippen LogP contribution >= 0.6 is 11.6 Å². The maximum Gasteiger partial charge on any atom is 0.369 e. The molecule has 2 heterocycles. The van der Waals surface area contributed by atoms with Crippen LogP contribution in [-0.2, 0) is 4.74 Å². The molecule has 1 aliphatic heterocycles. The minimum absolute atomic E-state index is 0.00812. The van der Waals surface area contributed by atoms with Crippen molar-refractivity contribution in [1.29, 1.82) is 0 Å². The molecule has 1 aromatic carbocycles. The number of carbonyl (C=O) groups is 2. The molecule has 8 heteroatoms. The normalized spacial score (nSPS) is 13.4. The van der Waals surface area contributed by atoms with Gasteiger partial charge in [-0.15, -0.1) is 5.10 Å². The van der Waals surface area contributed by atoms with Gasteiger partial charge in [-0.25, -0.2) is 14.3 Å². The van der Waals surface area contributed by atoms with Crippen molar-refractivity contribution < 1.29 is 19.1 Å². The van der Waals surface area contributed by atoms with Gasteiger partial charge in [0.05, 0.1) is 17.8 Å². The fourth-order valence-electron chi connectivity index (χ4n) is 1.75. The molecule has 0 bridgehead atoms. The number of nitrogens with zero attached hydrogens (tertiary/aromatic N) is 3. The van der Waals surface area contributed by atoms with Gasteiger partial charge in [0.1, 0.15) is 5.75 Å². The number of methoxy groups -OCH3 is 1. The van der Waals surface area contributed by atoms with Gasteiger partial charge in [-0.05, 0) is 18.2 Å². The highest BCUT2D eigenvalue weighted by molar-refractivity contribution is 6.32. The van der Waals surface area contributed by atoms with Crippen LogP contribution in [0.4, 0.5) is 0 Å². The average Bonchev–Trinajstić information content (AvgIpc) is 2.93. The first-order valence-corrected chi connectivity index (χ1v) is 5.55. The molecule has 19 heavy (non-hydrogen) atoms. The molecule has 96 valence electrons. The molecule has 2 aromatic rings. The Kier molecular flexibility index (Phi) is 2.49. The summed E-state index contributed by atoms with van der Waals surface area (Å²) in [6, 6.07) is 4.80. The number of esters is 2. The Balaban J connectivity index is 2.14. The highest BCUT2D eigenvalue weighted by atomic mass is 35.5. The van der Waals surface area contributed by atoms with Crippen LogP contribution in [0.5, 0.6) is 5.75 Å². The maximum absolute atomic E-state index is 11.5. The van der Waals surface area contributed by atoms with E-state index in [1.165, 1.54) is 11.8 Å². The maximum atomic E-state index is 11.5. The first-order valence-electron chi connectivity index (χ1n) is 5.18. The minimum atomic E-state index is -0.800. The Morgan fingerprint density at radius 1 is 1.32 bits per heavy atom. The van der Waals surface area contributed by atoms with Gasteiger partial charge in [0.25, 0.3) is 0 Å². The highest BCUT2D eigenvalue weighted by Crippen LogP contribution is 2.28. The van der Waals surface area contributed by atoms with Crippen LogP contribution in [0.2, 0.25) is 5.02 Å². The lowest BCUT2D eigenvalue weighted by Gasteiger charge is -2.06. The summed E-state index contributed by atoms with van der Waals surface area (Å²) in [5.74, 6) is -1.09. The van der Waals surface area contributed by atoms with Gasteiger partial charge in [0.2, 0.25) is 5.69 Å². The number of ether oxygens (including phenoxy) is 2. The highest BCUT2D eigenvalue weighted by Gasteiger charge is 2.37. The van der Waals surface area contributed by atoms with Crippen molar-refractivity contribution in [1.82, 2.24) is 15.0 Å². The van der Waals surface area contributed by atoms with Crippen molar-refractivity contribution in [3.63, 3.8) is 0 Å². The zero-order chi connectivity index (χ0) is 13.6. The van der Waals surface area contributed by atoms with Crippen molar-refractivity contribution in [2.45, 2.75) is 0 Å². The topological polar surface area (TPSA) is 83.3 Å². The quantitative estimate of drug-likeness (QED) is 0.607. The lowest BCUT2D eigenvalue weighted by atomic mass is 10.3. The molecule has 0 aliphatic carbocycles. The van der Waals surface area contributed by atoms with Crippen LogP contribution in [0.15, 0.2) is 18.2 Å². The van der Waals surface area contributed by atoms with E-state index in [0.29, 0.717) is 16.5 Å². The summed E-state index contributed by atoms with van der Waals surface area (Å²) in [5, 5.41) is 7.72. The number of hydrogen-bond donors (Lipinski definition) is 0. The number of benzene rings is 1. The van der Waals surface area contributed by atoms with Gasteiger partial charge < -0.3 is 9.47 Å². The van der Waals surface area contributed by atoms with Crippen LogP contribution in [-0.4, -0.2) is 34.0 Å². The standard InChI is InChI=1S/C11H6ClN3O4/c1-18-7-3-2-5(4-6(7)12)15-9-8(13-14-15)10(16)19-11(9)17/h2-4H,1H3. The molecule has 0 radical (unpaired) electrons. The van der Waals surface area contributed by atoms with Gasteiger partial charge in [-0.3, -0.25) is 0 Å². The molecule has 0 spiro atoms. The third-order valence-corrected chi connectivity index (χ3v) is 2.92. The average molecular weight is 280 g/mol. The molecule has 0 saturated carbocycles. The SMILES string of the molecule is COc1ccc(-n2nnc3c2C(=O)OC3=O)cc1Cl. The monoisotopic (exact) mass is 279 g/mol. The van der Waals surface area contributed by atoms with E-state index in [1.807, 2.05) is 0 Å². The second kappa shape index (κ2) is 4.06. The fourth-order valence-corrected chi connectivity index (χ4v) is 2.00. The van der Waals surface area contributed by atoms with Crippen LogP contribution in [0.1, 0.15) is 21.0 Å². The van der Waals surface area contributed by atoms with E-state index < -0.39 is 11.9 Å². The molecule has 7 nitrogen and oxygen atoms in total. The van der Waals surface area contributed by atoms with Gasteiger partial charge in [0, 0.05) is 0 Å². The Morgan fingerprint density at radius 2 is 2.11 bits per heavy atom. The van der Waals surface area contributed by atoms with Crippen molar-refractivity contribution in [3.8, 4) is 11.4 Å². The van der Waals surface area contributed by atoms with Gasteiger partial charge in [-0.1, -0.05) is 16.8 Å². The van der Waals surface area contributed by atoms with Crippen LogP contribution in [0.3, 0.4) is 0 Å². The summed E-state index contributed by atoms with van der Waals surface area (Å²) in [6.45, 7) is 0. The third-order valence-electron chi connectivity index (χ3n) is 2.62. The molecular weight excluding hydrogens is 274 g/mol. The zero-order valence-electron chi connectivity index (χ0n) is 9.58. The first-order chi connectivity index (χ1) is 9.11. The Labute approximate surface area is 111 Å². The van der Waals surface area contributed by atoms with Crippen molar-refractivity contribution in [2.75, 3.05) is 7.11 Å². The van der Waals surface area contributed by atoms with Crippen molar-refractivity contribution >= 4 is 23.5 Å². The third kappa shape index (κ3) is 1.66. The Bertz CT molecular complexity index is 710. The van der Waals surface area contributed by atoms with E-state index in [4.69, 9.17) is 16.3 Å². The smallest absolute Gasteiger partial charge is 0.369 e. The largest absolute Gasteiger partial charge is 0.495 e. The number of hydrogen-bond acceptors (Lipinski definition) is 6. The number of aromatic nitrogens is 3. The lowest BCUT2D eigenvalue weighted by molar-refractivity contribution is 0.0434. The van der Waals surface area contributed by atoms with Gasteiger partial charge in [0.15, 0.2) is 5.69 Å². The summed E-state index contributed by atoms with van der Waals surface area (Å²) in [7, 11) is 1.49. The van der Waals surface area contributed by atoms with E-state index in [2.05, 4.69) is 15.0 Å². The summed E-state index contributed by atoms with van der Waals surface area (Å²) in [4.78, 5) is 22.8. The molecule has 1 aliphatic rings. The molecule has 0 fully saturated rings. The number of carbonyl (C=O) groups excluding carboxylic acids is 2. The molecule has 3 rings (SSSR count). The Morgan fingerprint density at radius 3 is 2.79 bits per heavy atom. The number of fused-ring (bicyclic) bond motifs is 1. The number of cyclic esters (lactones) is 2. The first kappa shape index (κ1) is 11.7.